The van der Waals surface area contributed by atoms with Gasteiger partial charge in [0.25, 0.3) is 0 Å². The minimum atomic E-state index is -3.62. The minimum Gasteiger partial charge on any atom is -0.368 e. The summed E-state index contributed by atoms with van der Waals surface area (Å²) in [6.07, 6.45) is 0. The highest BCUT2D eigenvalue weighted by Gasteiger charge is 2.34. The average molecular weight is 316 g/mol. The molecule has 1 amide bonds. The summed E-state index contributed by atoms with van der Waals surface area (Å²) in [5.74, 6) is -0.113. The normalized spacial score (nSPS) is 19.6. The zero-order valence-corrected chi connectivity index (χ0v) is 13.2. The number of aryl methyl sites for hydroxylation is 2. The maximum atomic E-state index is 12.6. The molecule has 118 valence electrons. The quantitative estimate of drug-likeness (QED) is 0.800. The Balaban J connectivity index is 2.14. The van der Waals surface area contributed by atoms with Gasteiger partial charge >= 0.3 is 0 Å². The van der Waals surface area contributed by atoms with Crippen LogP contribution in [0.3, 0.4) is 0 Å². The molecular formula is C12H20N4O4S. The molecular weight excluding hydrogens is 296 g/mol. The van der Waals surface area contributed by atoms with Gasteiger partial charge in [-0.05, 0) is 20.8 Å². The molecule has 0 radical (unpaired) electrons. The molecule has 0 spiro atoms. The van der Waals surface area contributed by atoms with Gasteiger partial charge in [-0.3, -0.25) is 9.69 Å². The van der Waals surface area contributed by atoms with Gasteiger partial charge < -0.3 is 10.3 Å². The molecule has 1 saturated heterocycles. The van der Waals surface area contributed by atoms with Gasteiger partial charge in [0.2, 0.25) is 15.9 Å². The lowest BCUT2D eigenvalue weighted by Gasteiger charge is -2.36. The number of aromatic nitrogens is 1. The topological polar surface area (TPSA) is 110 Å². The van der Waals surface area contributed by atoms with Crippen molar-refractivity contribution < 1.29 is 17.7 Å². The van der Waals surface area contributed by atoms with Gasteiger partial charge in [0, 0.05) is 26.2 Å². The van der Waals surface area contributed by atoms with Crippen molar-refractivity contribution in [1.82, 2.24) is 14.4 Å². The maximum Gasteiger partial charge on any atom is 0.248 e. The second kappa shape index (κ2) is 5.74. The van der Waals surface area contributed by atoms with E-state index < -0.39 is 22.0 Å². The van der Waals surface area contributed by atoms with E-state index in [-0.39, 0.29) is 4.90 Å². The fraction of sp³-hybridized carbons (Fsp3) is 0.667. The molecule has 1 aliphatic heterocycles. The average Bonchev–Trinajstić information content (AvgIpc) is 2.78. The van der Waals surface area contributed by atoms with Crippen molar-refractivity contribution in [2.45, 2.75) is 31.7 Å². The number of nitrogens with two attached hydrogens (primary N) is 1. The first-order valence-corrected chi connectivity index (χ1v) is 8.15. The third kappa shape index (κ3) is 2.94. The zero-order chi connectivity index (χ0) is 15.8. The van der Waals surface area contributed by atoms with Crippen molar-refractivity contribution in [2.75, 3.05) is 26.2 Å². The number of nitrogens with zero attached hydrogens (tertiary/aromatic N) is 3. The molecule has 0 bridgehead atoms. The Labute approximate surface area is 123 Å². The largest absolute Gasteiger partial charge is 0.368 e. The number of sulfonamides is 1. The zero-order valence-electron chi connectivity index (χ0n) is 12.4. The van der Waals surface area contributed by atoms with E-state index in [0.717, 1.165) is 0 Å². The number of amides is 1. The Hall–Kier alpha value is -1.45. The third-order valence-corrected chi connectivity index (χ3v) is 5.94. The molecule has 1 aliphatic rings. The van der Waals surface area contributed by atoms with Crippen LogP contribution in [-0.4, -0.2) is 60.9 Å². The molecule has 0 unspecified atom stereocenters. The van der Waals surface area contributed by atoms with Crippen LogP contribution in [0.15, 0.2) is 9.42 Å². The number of carbonyl (C=O) groups excluding carboxylic acids is 1. The second-order valence-corrected chi connectivity index (χ2v) is 7.05. The van der Waals surface area contributed by atoms with Gasteiger partial charge in [-0.1, -0.05) is 5.16 Å². The van der Waals surface area contributed by atoms with Crippen molar-refractivity contribution in [3.63, 3.8) is 0 Å². The van der Waals surface area contributed by atoms with Crippen molar-refractivity contribution in [1.29, 1.82) is 0 Å². The van der Waals surface area contributed by atoms with Gasteiger partial charge in [-0.25, -0.2) is 8.42 Å². The first kappa shape index (κ1) is 15.9. The number of carbonyl (C=O) groups is 1. The molecule has 1 aromatic heterocycles. The lowest BCUT2D eigenvalue weighted by atomic mass is 10.2. The van der Waals surface area contributed by atoms with Crippen LogP contribution in [0.2, 0.25) is 0 Å². The standard InChI is InChI=1S/C12H20N4O4S/c1-8-11(10(3)20-14-8)21(18,19)16-6-4-15(5-7-16)9(2)12(13)17/h9H,4-7H2,1-3H3,(H2,13,17)/t9-/m0/s1. The van der Waals surface area contributed by atoms with Crippen molar-refractivity contribution in [2.24, 2.45) is 5.73 Å². The van der Waals surface area contributed by atoms with Crippen LogP contribution < -0.4 is 5.73 Å². The first-order valence-electron chi connectivity index (χ1n) is 6.71. The molecule has 21 heavy (non-hydrogen) atoms. The lowest BCUT2D eigenvalue weighted by Crippen LogP contribution is -2.54. The van der Waals surface area contributed by atoms with Crippen molar-refractivity contribution in [3.05, 3.63) is 11.5 Å². The number of primary amides is 1. The predicted molar refractivity (Wildman–Crippen MR) is 75.0 cm³/mol. The highest BCUT2D eigenvalue weighted by molar-refractivity contribution is 7.89. The van der Waals surface area contributed by atoms with E-state index in [1.165, 1.54) is 4.31 Å². The molecule has 8 nitrogen and oxygen atoms in total. The van der Waals surface area contributed by atoms with Crippen LogP contribution in [0, 0.1) is 13.8 Å². The Morgan fingerprint density at radius 2 is 1.86 bits per heavy atom. The van der Waals surface area contributed by atoms with E-state index in [1.807, 2.05) is 4.90 Å². The monoisotopic (exact) mass is 316 g/mol. The van der Waals surface area contributed by atoms with Crippen LogP contribution in [0.25, 0.3) is 0 Å². The van der Waals surface area contributed by atoms with E-state index in [9.17, 15) is 13.2 Å². The van der Waals surface area contributed by atoms with Gasteiger partial charge in [0.15, 0.2) is 5.76 Å². The van der Waals surface area contributed by atoms with Gasteiger partial charge in [-0.15, -0.1) is 0 Å². The Morgan fingerprint density at radius 3 is 2.29 bits per heavy atom. The van der Waals surface area contributed by atoms with E-state index in [0.29, 0.717) is 37.6 Å². The summed E-state index contributed by atoms with van der Waals surface area (Å²) in [5.41, 5.74) is 5.63. The van der Waals surface area contributed by atoms with Crippen LogP contribution in [0.4, 0.5) is 0 Å². The van der Waals surface area contributed by atoms with E-state index in [4.69, 9.17) is 10.3 Å². The Bertz CT molecular complexity index is 612. The molecule has 0 aromatic carbocycles. The number of piperazine rings is 1. The van der Waals surface area contributed by atoms with E-state index in [1.54, 1.807) is 20.8 Å². The van der Waals surface area contributed by atoms with Gasteiger partial charge in [0.05, 0.1) is 6.04 Å². The van der Waals surface area contributed by atoms with Crippen LogP contribution >= 0.6 is 0 Å². The summed E-state index contributed by atoms with van der Waals surface area (Å²) in [5, 5.41) is 3.69. The van der Waals surface area contributed by atoms with Gasteiger partial charge in [0.1, 0.15) is 10.6 Å². The molecule has 1 atom stereocenters. The van der Waals surface area contributed by atoms with Gasteiger partial charge in [-0.2, -0.15) is 4.31 Å². The first-order chi connectivity index (χ1) is 9.75. The molecule has 1 fully saturated rings. The molecule has 0 aliphatic carbocycles. The van der Waals surface area contributed by atoms with Crippen molar-refractivity contribution in [3.8, 4) is 0 Å². The SMILES string of the molecule is Cc1noc(C)c1S(=O)(=O)N1CCN([C@@H](C)C(N)=O)CC1. The maximum absolute atomic E-state index is 12.6. The Kier molecular flexibility index (Phi) is 4.35. The van der Waals surface area contributed by atoms with E-state index in [2.05, 4.69) is 5.16 Å². The number of rotatable bonds is 4. The fourth-order valence-corrected chi connectivity index (χ4v) is 4.20. The number of hydrogen-bond donors (Lipinski definition) is 1. The third-order valence-electron chi connectivity index (χ3n) is 3.80. The second-order valence-electron chi connectivity index (χ2n) is 5.17. The van der Waals surface area contributed by atoms with Crippen LogP contribution in [0.1, 0.15) is 18.4 Å². The molecule has 2 rings (SSSR count). The molecule has 2 N–H and O–H groups in total. The molecule has 0 saturated carbocycles. The van der Waals surface area contributed by atoms with Crippen molar-refractivity contribution >= 4 is 15.9 Å². The summed E-state index contributed by atoms with van der Waals surface area (Å²) >= 11 is 0. The lowest BCUT2D eigenvalue weighted by molar-refractivity contribution is -0.123. The minimum absolute atomic E-state index is 0.138. The predicted octanol–water partition coefficient (Wildman–Crippen LogP) is -0.528. The number of hydrogen-bond acceptors (Lipinski definition) is 6. The summed E-state index contributed by atoms with van der Waals surface area (Å²) in [4.78, 5) is 13.2. The highest BCUT2D eigenvalue weighted by atomic mass is 32.2. The summed E-state index contributed by atoms with van der Waals surface area (Å²) < 4.78 is 31.6. The summed E-state index contributed by atoms with van der Waals surface area (Å²) in [6.45, 7) is 6.46. The highest BCUT2D eigenvalue weighted by Crippen LogP contribution is 2.24. The summed E-state index contributed by atoms with van der Waals surface area (Å²) in [7, 11) is -3.62. The smallest absolute Gasteiger partial charge is 0.248 e. The van der Waals surface area contributed by atoms with Crippen LogP contribution in [0.5, 0.6) is 0 Å². The summed E-state index contributed by atoms with van der Waals surface area (Å²) in [6, 6.07) is -0.395. The Morgan fingerprint density at radius 1 is 1.29 bits per heavy atom. The molecule has 9 heteroatoms. The molecule has 2 heterocycles. The van der Waals surface area contributed by atoms with E-state index >= 15 is 0 Å². The molecule has 1 aromatic rings. The fourth-order valence-electron chi connectivity index (χ4n) is 2.48. The van der Waals surface area contributed by atoms with Crippen LogP contribution in [-0.2, 0) is 14.8 Å².